The Balaban J connectivity index is 2.78. The molecule has 0 saturated carbocycles. The molecule has 0 heterocycles. The van der Waals surface area contributed by atoms with Crippen LogP contribution in [0.25, 0.3) is 0 Å². The molecule has 0 aliphatic carbocycles. The molecule has 0 atom stereocenters. The minimum absolute atomic E-state index is 0.0329. The van der Waals surface area contributed by atoms with Crippen molar-refractivity contribution in [2.24, 2.45) is 0 Å². The summed E-state index contributed by atoms with van der Waals surface area (Å²) in [6.07, 6.45) is 0. The van der Waals surface area contributed by atoms with E-state index in [2.05, 4.69) is 0 Å². The van der Waals surface area contributed by atoms with Gasteiger partial charge in [0.15, 0.2) is 15.6 Å². The monoisotopic (exact) mass is 270 g/mol. The number of hydrogen-bond acceptors (Lipinski definition) is 4. The van der Waals surface area contributed by atoms with Crippen molar-refractivity contribution in [2.75, 3.05) is 18.1 Å². The SMILES string of the molecule is CCS(=O)(=O)CCOc1cc(C)ccc1C(C)=O. The van der Waals surface area contributed by atoms with Crippen molar-refractivity contribution in [1.82, 2.24) is 0 Å². The molecule has 5 heteroatoms. The minimum Gasteiger partial charge on any atom is -0.492 e. The Kier molecular flexibility index (Phi) is 4.90. The fourth-order valence-corrected chi connectivity index (χ4v) is 2.09. The number of carbonyl (C=O) groups is 1. The fraction of sp³-hybridized carbons (Fsp3) is 0.462. The molecule has 0 fully saturated rings. The van der Waals surface area contributed by atoms with Crippen LogP contribution in [0.4, 0.5) is 0 Å². The Labute approximate surface area is 108 Å². The topological polar surface area (TPSA) is 60.4 Å². The van der Waals surface area contributed by atoms with Crippen molar-refractivity contribution in [3.63, 3.8) is 0 Å². The fourth-order valence-electron chi connectivity index (χ4n) is 1.46. The van der Waals surface area contributed by atoms with Gasteiger partial charge in [-0.1, -0.05) is 13.0 Å². The summed E-state index contributed by atoms with van der Waals surface area (Å²) >= 11 is 0. The molecule has 0 aliphatic rings. The van der Waals surface area contributed by atoms with E-state index < -0.39 is 9.84 Å². The van der Waals surface area contributed by atoms with E-state index in [1.54, 1.807) is 19.1 Å². The van der Waals surface area contributed by atoms with Gasteiger partial charge in [0.05, 0.1) is 11.3 Å². The molecule has 1 aromatic carbocycles. The van der Waals surface area contributed by atoms with Crippen molar-refractivity contribution < 1.29 is 17.9 Å². The highest BCUT2D eigenvalue weighted by Gasteiger charge is 2.11. The van der Waals surface area contributed by atoms with Crippen molar-refractivity contribution in [1.29, 1.82) is 0 Å². The third-order valence-electron chi connectivity index (χ3n) is 2.61. The van der Waals surface area contributed by atoms with Gasteiger partial charge in [0.2, 0.25) is 0 Å². The lowest BCUT2D eigenvalue weighted by Gasteiger charge is -2.10. The van der Waals surface area contributed by atoms with Gasteiger partial charge in [0.1, 0.15) is 12.4 Å². The molecule has 100 valence electrons. The second kappa shape index (κ2) is 6.00. The first-order valence-electron chi connectivity index (χ1n) is 5.80. The Morgan fingerprint density at radius 2 is 2.00 bits per heavy atom. The Morgan fingerprint density at radius 3 is 2.56 bits per heavy atom. The normalized spacial score (nSPS) is 11.3. The summed E-state index contributed by atoms with van der Waals surface area (Å²) < 4.78 is 28.1. The largest absolute Gasteiger partial charge is 0.492 e. The lowest BCUT2D eigenvalue weighted by atomic mass is 10.1. The van der Waals surface area contributed by atoms with Crippen LogP contribution in [0.2, 0.25) is 0 Å². The van der Waals surface area contributed by atoms with Crippen LogP contribution >= 0.6 is 0 Å². The summed E-state index contributed by atoms with van der Waals surface area (Å²) in [5.41, 5.74) is 1.45. The van der Waals surface area contributed by atoms with Crippen molar-refractivity contribution in [2.45, 2.75) is 20.8 Å². The van der Waals surface area contributed by atoms with Crippen LogP contribution < -0.4 is 4.74 Å². The molecule has 0 amide bonds. The van der Waals surface area contributed by atoms with Gasteiger partial charge in [-0.2, -0.15) is 0 Å². The lowest BCUT2D eigenvalue weighted by Crippen LogP contribution is -2.16. The third kappa shape index (κ3) is 4.14. The number of rotatable bonds is 6. The first kappa shape index (κ1) is 14.7. The highest BCUT2D eigenvalue weighted by atomic mass is 32.2. The lowest BCUT2D eigenvalue weighted by molar-refractivity contribution is 0.101. The summed E-state index contributed by atoms with van der Waals surface area (Å²) in [6, 6.07) is 5.27. The van der Waals surface area contributed by atoms with Gasteiger partial charge >= 0.3 is 0 Å². The van der Waals surface area contributed by atoms with Gasteiger partial charge in [-0.25, -0.2) is 8.42 Å². The highest BCUT2D eigenvalue weighted by molar-refractivity contribution is 7.91. The molecule has 18 heavy (non-hydrogen) atoms. The zero-order valence-corrected chi connectivity index (χ0v) is 11.7. The molecule has 0 radical (unpaired) electrons. The molecule has 0 saturated heterocycles. The van der Waals surface area contributed by atoms with E-state index in [9.17, 15) is 13.2 Å². The third-order valence-corrected chi connectivity index (χ3v) is 4.28. The smallest absolute Gasteiger partial charge is 0.163 e. The molecule has 0 bridgehead atoms. The van der Waals surface area contributed by atoms with Gasteiger partial charge in [-0.15, -0.1) is 0 Å². The van der Waals surface area contributed by atoms with Gasteiger partial charge in [-0.3, -0.25) is 4.79 Å². The van der Waals surface area contributed by atoms with Crippen LogP contribution in [0.1, 0.15) is 29.8 Å². The first-order valence-corrected chi connectivity index (χ1v) is 7.62. The van der Waals surface area contributed by atoms with Crippen LogP contribution in [0.5, 0.6) is 5.75 Å². The van der Waals surface area contributed by atoms with Gasteiger partial charge < -0.3 is 4.74 Å². The van der Waals surface area contributed by atoms with Gasteiger partial charge in [0, 0.05) is 5.75 Å². The van der Waals surface area contributed by atoms with Gasteiger partial charge in [0.25, 0.3) is 0 Å². The summed E-state index contributed by atoms with van der Waals surface area (Å²) in [7, 11) is -3.04. The number of benzene rings is 1. The van der Waals surface area contributed by atoms with E-state index in [1.165, 1.54) is 6.92 Å². The summed E-state index contributed by atoms with van der Waals surface area (Å²) in [5.74, 6) is 0.426. The molecular formula is C13H18O4S. The Hall–Kier alpha value is -1.36. The number of hydrogen-bond donors (Lipinski definition) is 0. The number of aryl methyl sites for hydroxylation is 1. The Morgan fingerprint density at radius 1 is 1.33 bits per heavy atom. The van der Waals surface area contributed by atoms with E-state index in [1.807, 2.05) is 13.0 Å². The maximum Gasteiger partial charge on any atom is 0.163 e. The zero-order chi connectivity index (χ0) is 13.8. The van der Waals surface area contributed by atoms with Crippen molar-refractivity contribution in [3.05, 3.63) is 29.3 Å². The average Bonchev–Trinajstić information content (AvgIpc) is 2.28. The van der Waals surface area contributed by atoms with Crippen LogP contribution in [0.3, 0.4) is 0 Å². The highest BCUT2D eigenvalue weighted by Crippen LogP contribution is 2.20. The van der Waals surface area contributed by atoms with Crippen LogP contribution in [-0.2, 0) is 9.84 Å². The van der Waals surface area contributed by atoms with Gasteiger partial charge in [-0.05, 0) is 31.5 Å². The summed E-state index contributed by atoms with van der Waals surface area (Å²) in [5, 5.41) is 0. The maximum atomic E-state index is 11.4. The number of ketones is 1. The molecule has 0 spiro atoms. The molecular weight excluding hydrogens is 252 g/mol. The molecule has 4 nitrogen and oxygen atoms in total. The predicted molar refractivity (Wildman–Crippen MR) is 71.0 cm³/mol. The molecule has 1 aromatic rings. The van der Waals surface area contributed by atoms with Crippen LogP contribution in [0, 0.1) is 6.92 Å². The molecule has 0 aromatic heterocycles. The predicted octanol–water partition coefficient (Wildman–Crippen LogP) is 2.01. The van der Waals surface area contributed by atoms with E-state index >= 15 is 0 Å². The summed E-state index contributed by atoms with van der Waals surface area (Å²) in [6.45, 7) is 5.02. The molecule has 0 aliphatic heterocycles. The standard InChI is InChI=1S/C13H18O4S/c1-4-18(15,16)8-7-17-13-9-10(2)5-6-12(13)11(3)14/h5-6,9H,4,7-8H2,1-3H3. The van der Waals surface area contributed by atoms with E-state index in [4.69, 9.17) is 4.74 Å². The number of ether oxygens (including phenoxy) is 1. The Bertz CT molecular complexity index is 532. The zero-order valence-electron chi connectivity index (χ0n) is 10.9. The molecule has 0 unspecified atom stereocenters. The summed E-state index contributed by atoms with van der Waals surface area (Å²) in [4.78, 5) is 11.4. The van der Waals surface area contributed by atoms with E-state index in [-0.39, 0.29) is 23.9 Å². The van der Waals surface area contributed by atoms with Crippen LogP contribution in [-0.4, -0.2) is 32.3 Å². The number of carbonyl (C=O) groups excluding carboxylic acids is 1. The van der Waals surface area contributed by atoms with Crippen molar-refractivity contribution >= 4 is 15.6 Å². The average molecular weight is 270 g/mol. The molecule has 1 rings (SSSR count). The first-order chi connectivity index (χ1) is 8.35. The van der Waals surface area contributed by atoms with Crippen LogP contribution in [0.15, 0.2) is 18.2 Å². The maximum absolute atomic E-state index is 11.4. The van der Waals surface area contributed by atoms with E-state index in [0.717, 1.165) is 5.56 Å². The minimum atomic E-state index is -3.04. The molecule has 0 N–H and O–H groups in total. The number of Topliss-reactive ketones (excluding diaryl/α,β-unsaturated/α-hetero) is 1. The second-order valence-corrected chi connectivity index (χ2v) is 6.61. The quantitative estimate of drug-likeness (QED) is 0.742. The second-order valence-electron chi connectivity index (χ2n) is 4.14. The van der Waals surface area contributed by atoms with Crippen molar-refractivity contribution in [3.8, 4) is 5.75 Å². The number of sulfone groups is 1. The van der Waals surface area contributed by atoms with E-state index in [0.29, 0.717) is 11.3 Å².